The molecule has 0 saturated heterocycles. The van der Waals surface area contributed by atoms with Crippen molar-refractivity contribution >= 4 is 5.65 Å². The molecule has 0 amide bonds. The first-order valence-electron chi connectivity index (χ1n) is 9.62. The van der Waals surface area contributed by atoms with Crippen molar-refractivity contribution in [2.24, 2.45) is 17.6 Å². The number of rotatable bonds is 2. The normalized spacial score (nSPS) is 31.7. The quantitative estimate of drug-likeness (QED) is 0.880. The predicted molar refractivity (Wildman–Crippen MR) is 97.8 cm³/mol. The highest BCUT2D eigenvalue weighted by molar-refractivity contribution is 5.51. The van der Waals surface area contributed by atoms with Crippen molar-refractivity contribution in [3.8, 4) is 0 Å². The van der Waals surface area contributed by atoms with Crippen LogP contribution < -0.4 is 5.73 Å². The minimum absolute atomic E-state index is 0.00185. The number of allylic oxidation sites excluding steroid dienone is 4. The van der Waals surface area contributed by atoms with Crippen LogP contribution in [-0.2, 0) is 13.1 Å². The van der Waals surface area contributed by atoms with E-state index in [2.05, 4.69) is 15.0 Å². The lowest BCUT2D eigenvalue weighted by atomic mass is 9.72. The Labute approximate surface area is 156 Å². The summed E-state index contributed by atoms with van der Waals surface area (Å²) in [7, 11) is 0. The monoisotopic (exact) mass is 371 g/mol. The number of halogens is 2. The van der Waals surface area contributed by atoms with Crippen molar-refractivity contribution in [2.45, 2.75) is 50.9 Å². The third-order valence-corrected chi connectivity index (χ3v) is 6.44. The lowest BCUT2D eigenvalue weighted by Crippen LogP contribution is -2.47. The van der Waals surface area contributed by atoms with Crippen LogP contribution in [0.15, 0.2) is 42.3 Å². The number of hydrogen-bond donors (Lipinski definition) is 1. The average molecular weight is 371 g/mol. The molecule has 1 fully saturated rings. The molecular weight excluding hydrogens is 348 g/mol. The molecule has 0 radical (unpaired) electrons. The SMILES string of the molecule is NC1CC(N2Cc3nn4cccnc4c3C2)CC[C@@H]1C1CC(F)=CC=C1F. The number of aromatic nitrogens is 3. The van der Waals surface area contributed by atoms with E-state index in [1.807, 2.05) is 16.8 Å². The van der Waals surface area contributed by atoms with Crippen molar-refractivity contribution in [3.63, 3.8) is 0 Å². The molecule has 1 aliphatic heterocycles. The van der Waals surface area contributed by atoms with Gasteiger partial charge in [-0.1, -0.05) is 0 Å². The van der Waals surface area contributed by atoms with E-state index in [1.165, 1.54) is 17.7 Å². The van der Waals surface area contributed by atoms with E-state index in [9.17, 15) is 8.78 Å². The molecule has 5 nitrogen and oxygen atoms in total. The molecule has 2 N–H and O–H groups in total. The molecule has 0 aromatic carbocycles. The lowest BCUT2D eigenvalue weighted by Gasteiger charge is -2.41. The van der Waals surface area contributed by atoms with E-state index in [0.29, 0.717) is 6.04 Å². The second kappa shape index (κ2) is 6.49. The molecule has 3 aliphatic rings. The Morgan fingerprint density at radius 1 is 1.15 bits per heavy atom. The van der Waals surface area contributed by atoms with Crippen molar-refractivity contribution in [2.75, 3.05) is 0 Å². The van der Waals surface area contributed by atoms with E-state index in [-0.39, 0.29) is 30.0 Å². The smallest absolute Gasteiger partial charge is 0.159 e. The minimum Gasteiger partial charge on any atom is -0.327 e. The first-order chi connectivity index (χ1) is 13.1. The third kappa shape index (κ3) is 2.89. The van der Waals surface area contributed by atoms with Crippen LogP contribution in [0.3, 0.4) is 0 Å². The highest BCUT2D eigenvalue weighted by Crippen LogP contribution is 2.41. The zero-order chi connectivity index (χ0) is 18.5. The Bertz CT molecular complexity index is 934. The van der Waals surface area contributed by atoms with E-state index in [1.54, 1.807) is 6.20 Å². The molecule has 3 heterocycles. The fourth-order valence-corrected chi connectivity index (χ4v) is 5.04. The largest absolute Gasteiger partial charge is 0.327 e. The molecule has 142 valence electrons. The van der Waals surface area contributed by atoms with Crippen molar-refractivity contribution in [3.05, 3.63) is 53.5 Å². The molecule has 7 heteroatoms. The van der Waals surface area contributed by atoms with Crippen LogP contribution in [-0.4, -0.2) is 31.6 Å². The summed E-state index contributed by atoms with van der Waals surface area (Å²) < 4.78 is 29.7. The van der Waals surface area contributed by atoms with E-state index >= 15 is 0 Å². The van der Waals surface area contributed by atoms with Crippen LogP contribution in [0.1, 0.15) is 36.9 Å². The molecule has 2 aromatic rings. The topological polar surface area (TPSA) is 59.5 Å². The van der Waals surface area contributed by atoms with Crippen molar-refractivity contribution in [1.82, 2.24) is 19.5 Å². The fraction of sp³-hybridized carbons (Fsp3) is 0.500. The van der Waals surface area contributed by atoms with Crippen molar-refractivity contribution in [1.29, 1.82) is 0 Å². The summed E-state index contributed by atoms with van der Waals surface area (Å²) in [6, 6.07) is 2.11. The van der Waals surface area contributed by atoms with Gasteiger partial charge in [0.25, 0.3) is 0 Å². The Hall–Kier alpha value is -2.12. The van der Waals surface area contributed by atoms with Crippen LogP contribution in [0.5, 0.6) is 0 Å². The van der Waals surface area contributed by atoms with Crippen molar-refractivity contribution < 1.29 is 8.78 Å². The van der Waals surface area contributed by atoms with Gasteiger partial charge < -0.3 is 5.73 Å². The van der Waals surface area contributed by atoms with Gasteiger partial charge in [-0.2, -0.15) is 5.10 Å². The molecule has 5 rings (SSSR count). The van der Waals surface area contributed by atoms with Gasteiger partial charge in [-0.25, -0.2) is 18.3 Å². The van der Waals surface area contributed by atoms with Gasteiger partial charge in [-0.3, -0.25) is 4.90 Å². The van der Waals surface area contributed by atoms with E-state index in [4.69, 9.17) is 5.73 Å². The Kier molecular flexibility index (Phi) is 4.09. The molecule has 2 aromatic heterocycles. The Balaban J connectivity index is 1.28. The number of nitrogens with zero attached hydrogens (tertiary/aromatic N) is 4. The second-order valence-corrected chi connectivity index (χ2v) is 7.99. The van der Waals surface area contributed by atoms with E-state index in [0.717, 1.165) is 43.7 Å². The maximum Gasteiger partial charge on any atom is 0.159 e. The van der Waals surface area contributed by atoms with Crippen LogP contribution in [0.25, 0.3) is 5.65 Å². The van der Waals surface area contributed by atoms with Gasteiger partial charge in [0, 0.05) is 55.5 Å². The molecule has 27 heavy (non-hydrogen) atoms. The lowest BCUT2D eigenvalue weighted by molar-refractivity contribution is 0.0992. The summed E-state index contributed by atoms with van der Waals surface area (Å²) in [5.74, 6) is -0.881. The van der Waals surface area contributed by atoms with Gasteiger partial charge in [-0.05, 0) is 43.4 Å². The molecule has 2 aliphatic carbocycles. The van der Waals surface area contributed by atoms with Crippen LogP contribution in [0, 0.1) is 11.8 Å². The average Bonchev–Trinajstić information content (AvgIpc) is 3.22. The van der Waals surface area contributed by atoms with Gasteiger partial charge in [-0.15, -0.1) is 0 Å². The van der Waals surface area contributed by atoms with Gasteiger partial charge in [0.1, 0.15) is 11.7 Å². The highest BCUT2D eigenvalue weighted by atomic mass is 19.1. The molecule has 0 bridgehead atoms. The highest BCUT2D eigenvalue weighted by Gasteiger charge is 2.40. The summed E-state index contributed by atoms with van der Waals surface area (Å²) in [5, 5.41) is 4.64. The summed E-state index contributed by atoms with van der Waals surface area (Å²) >= 11 is 0. The van der Waals surface area contributed by atoms with Gasteiger partial charge >= 0.3 is 0 Å². The standard InChI is InChI=1S/C20H23F2N5/c21-12-2-5-17(22)15(8-12)14-4-3-13(9-18(14)23)26-10-16-19(11-26)25-27-7-1-6-24-20(16)27/h1-2,5-7,13-15,18H,3-4,8-11,23H2/t13?,14-,15?,18?/m1/s1. The number of hydrogen-bond acceptors (Lipinski definition) is 4. The van der Waals surface area contributed by atoms with Gasteiger partial charge in [0.15, 0.2) is 5.65 Å². The van der Waals surface area contributed by atoms with Crippen LogP contribution in [0.4, 0.5) is 8.78 Å². The minimum atomic E-state index is -0.407. The summed E-state index contributed by atoms with van der Waals surface area (Å²) in [4.78, 5) is 6.87. The summed E-state index contributed by atoms with van der Waals surface area (Å²) in [6.07, 6.45) is 8.94. The zero-order valence-corrected chi connectivity index (χ0v) is 15.1. The fourth-order valence-electron chi connectivity index (χ4n) is 5.04. The van der Waals surface area contributed by atoms with E-state index < -0.39 is 5.92 Å². The summed E-state index contributed by atoms with van der Waals surface area (Å²) in [5.41, 5.74) is 9.65. The van der Waals surface area contributed by atoms with Gasteiger partial charge in [0.2, 0.25) is 0 Å². The Morgan fingerprint density at radius 2 is 2.04 bits per heavy atom. The molecule has 1 saturated carbocycles. The predicted octanol–water partition coefficient (Wildman–Crippen LogP) is 3.27. The van der Waals surface area contributed by atoms with Crippen LogP contribution in [0.2, 0.25) is 0 Å². The maximum absolute atomic E-state index is 14.2. The second-order valence-electron chi connectivity index (χ2n) is 7.99. The number of fused-ring (bicyclic) bond motifs is 3. The summed E-state index contributed by atoms with van der Waals surface area (Å²) in [6.45, 7) is 1.63. The maximum atomic E-state index is 14.2. The molecule has 3 unspecified atom stereocenters. The first-order valence-corrected chi connectivity index (χ1v) is 9.62. The number of nitrogens with two attached hydrogens (primary N) is 1. The molecule has 0 spiro atoms. The molecular formula is C20H23F2N5. The Morgan fingerprint density at radius 3 is 2.89 bits per heavy atom. The van der Waals surface area contributed by atoms with Crippen LogP contribution >= 0.6 is 0 Å². The third-order valence-electron chi connectivity index (χ3n) is 6.44. The first kappa shape index (κ1) is 17.0. The van der Waals surface area contributed by atoms with Gasteiger partial charge in [0.05, 0.1) is 5.69 Å². The zero-order valence-electron chi connectivity index (χ0n) is 15.1. The molecule has 4 atom stereocenters.